The summed E-state index contributed by atoms with van der Waals surface area (Å²) in [6.07, 6.45) is 0.573. The summed E-state index contributed by atoms with van der Waals surface area (Å²) in [4.78, 5) is 19.0. The van der Waals surface area contributed by atoms with E-state index in [-0.39, 0.29) is 11.7 Å². The zero-order valence-electron chi connectivity index (χ0n) is 14.7. The van der Waals surface area contributed by atoms with E-state index in [0.717, 1.165) is 21.2 Å². The van der Waals surface area contributed by atoms with E-state index in [1.807, 2.05) is 25.1 Å². The van der Waals surface area contributed by atoms with Crippen molar-refractivity contribution in [2.75, 3.05) is 23.4 Å². The first-order valence-corrected chi connectivity index (χ1v) is 11.8. The summed E-state index contributed by atoms with van der Waals surface area (Å²) in [7, 11) is -3.21. The maximum absolute atomic E-state index is 12.6. The minimum absolute atomic E-state index is 0.0939. The Kier molecular flexibility index (Phi) is 6.01. The molecule has 1 aromatic carbocycles. The first-order chi connectivity index (χ1) is 12.4. The number of aromatic nitrogens is 1. The van der Waals surface area contributed by atoms with E-state index in [9.17, 15) is 13.2 Å². The van der Waals surface area contributed by atoms with Gasteiger partial charge in [0.25, 0.3) is 5.91 Å². The number of thioether (sulfide) groups is 1. The lowest BCUT2D eigenvalue weighted by Crippen LogP contribution is -2.36. The third-order valence-corrected chi connectivity index (χ3v) is 7.89. The molecule has 26 heavy (non-hydrogen) atoms. The maximum Gasteiger partial charge on any atom is 0.258 e. The molecule has 1 N–H and O–H groups in total. The molecule has 1 amide bonds. The smallest absolute Gasteiger partial charge is 0.258 e. The maximum atomic E-state index is 12.6. The molecule has 0 atom stereocenters. The lowest BCUT2D eigenvalue weighted by Gasteiger charge is -2.24. The summed E-state index contributed by atoms with van der Waals surface area (Å²) in [6, 6.07) is 7.49. The van der Waals surface area contributed by atoms with Gasteiger partial charge in [-0.2, -0.15) is 4.31 Å². The van der Waals surface area contributed by atoms with Crippen LogP contribution in [-0.2, 0) is 23.0 Å². The molecule has 1 aliphatic rings. The molecule has 0 saturated heterocycles. The van der Waals surface area contributed by atoms with Gasteiger partial charge in [-0.05, 0) is 24.8 Å². The van der Waals surface area contributed by atoms with Gasteiger partial charge in [0, 0.05) is 29.3 Å². The van der Waals surface area contributed by atoms with Gasteiger partial charge in [-0.1, -0.05) is 19.1 Å². The minimum atomic E-state index is -3.21. The molecule has 2 aromatic rings. The second kappa shape index (κ2) is 8.08. The van der Waals surface area contributed by atoms with Crippen LogP contribution in [0, 0.1) is 0 Å². The third-order valence-electron chi connectivity index (χ3n) is 4.11. The number of thiazole rings is 1. The van der Waals surface area contributed by atoms with Crippen molar-refractivity contribution in [2.24, 2.45) is 0 Å². The number of benzene rings is 1. The van der Waals surface area contributed by atoms with Crippen molar-refractivity contribution in [3.8, 4) is 0 Å². The van der Waals surface area contributed by atoms with Crippen LogP contribution >= 0.6 is 23.1 Å². The van der Waals surface area contributed by atoms with Gasteiger partial charge in [-0.15, -0.1) is 23.1 Å². The lowest BCUT2D eigenvalue weighted by atomic mass is 10.2. The van der Waals surface area contributed by atoms with Gasteiger partial charge < -0.3 is 0 Å². The van der Waals surface area contributed by atoms with Crippen LogP contribution in [-0.4, -0.2) is 41.7 Å². The highest BCUT2D eigenvalue weighted by Crippen LogP contribution is 2.30. The molecule has 0 spiro atoms. The highest BCUT2D eigenvalue weighted by atomic mass is 32.2. The van der Waals surface area contributed by atoms with Crippen LogP contribution in [0.4, 0.5) is 5.13 Å². The van der Waals surface area contributed by atoms with Crippen molar-refractivity contribution in [1.29, 1.82) is 0 Å². The van der Waals surface area contributed by atoms with Crippen LogP contribution in [0.3, 0.4) is 0 Å². The van der Waals surface area contributed by atoms with Crippen LogP contribution in [0.5, 0.6) is 0 Å². The summed E-state index contributed by atoms with van der Waals surface area (Å²) in [5.74, 6) is 0.791. The molecule has 2 heterocycles. The molecule has 0 radical (unpaired) electrons. The van der Waals surface area contributed by atoms with Crippen LogP contribution in [0.25, 0.3) is 0 Å². The van der Waals surface area contributed by atoms with Crippen molar-refractivity contribution in [3.63, 3.8) is 0 Å². The van der Waals surface area contributed by atoms with Gasteiger partial charge in [-0.3, -0.25) is 10.1 Å². The van der Waals surface area contributed by atoms with Crippen molar-refractivity contribution >= 4 is 44.2 Å². The Hall–Kier alpha value is -1.42. The van der Waals surface area contributed by atoms with Gasteiger partial charge in [0.05, 0.1) is 17.0 Å². The van der Waals surface area contributed by atoms with Gasteiger partial charge >= 0.3 is 0 Å². The quantitative estimate of drug-likeness (QED) is 0.739. The largest absolute Gasteiger partial charge is 0.298 e. The van der Waals surface area contributed by atoms with E-state index in [2.05, 4.69) is 10.3 Å². The molecule has 6 nitrogen and oxygen atoms in total. The first-order valence-electron chi connectivity index (χ1n) is 8.44. The van der Waals surface area contributed by atoms with Crippen molar-refractivity contribution in [1.82, 2.24) is 9.29 Å². The van der Waals surface area contributed by atoms with E-state index in [4.69, 9.17) is 0 Å². The van der Waals surface area contributed by atoms with E-state index in [1.165, 1.54) is 15.6 Å². The first kappa shape index (κ1) is 19.3. The molecular formula is C17H21N3O3S3. The fraction of sp³-hybridized carbons (Fsp3) is 0.412. The van der Waals surface area contributed by atoms with Crippen molar-refractivity contribution in [2.45, 2.75) is 31.7 Å². The third kappa shape index (κ3) is 4.11. The Bertz CT molecular complexity index is 909. The number of carbonyl (C=O) groups is 1. The monoisotopic (exact) mass is 411 g/mol. The minimum Gasteiger partial charge on any atom is -0.298 e. The normalized spacial score (nSPS) is 14.8. The topological polar surface area (TPSA) is 79.4 Å². The predicted octanol–water partition coefficient (Wildman–Crippen LogP) is 3.22. The SMILES string of the molecule is CCSc1ccccc1C(=O)Nc1nc2c(s1)CN(S(=O)(=O)CC)CC2. The molecule has 1 aliphatic heterocycles. The number of carbonyl (C=O) groups excluding carboxylic acids is 1. The number of nitrogens with zero attached hydrogens (tertiary/aromatic N) is 2. The summed E-state index contributed by atoms with van der Waals surface area (Å²) in [5, 5.41) is 3.39. The average Bonchev–Trinajstić information content (AvgIpc) is 3.03. The summed E-state index contributed by atoms with van der Waals surface area (Å²) in [6.45, 7) is 4.47. The standard InChI is InChI=1S/C17H21N3O3S3/c1-3-24-14-8-6-5-7-12(14)16(21)19-17-18-13-9-10-20(11-15(13)25-17)26(22,23)4-2/h5-8H,3-4,9-11H2,1-2H3,(H,18,19,21). The number of rotatable bonds is 6. The Labute approximate surface area is 162 Å². The second-order valence-corrected chi connectivity index (χ2v) is 10.4. The second-order valence-electron chi connectivity index (χ2n) is 5.76. The lowest BCUT2D eigenvalue weighted by molar-refractivity contribution is 0.102. The summed E-state index contributed by atoms with van der Waals surface area (Å²) in [5.41, 5.74) is 1.51. The van der Waals surface area contributed by atoms with Crippen LogP contribution in [0.2, 0.25) is 0 Å². The zero-order valence-corrected chi connectivity index (χ0v) is 17.1. The molecule has 0 aliphatic carbocycles. The fourth-order valence-electron chi connectivity index (χ4n) is 2.75. The zero-order chi connectivity index (χ0) is 18.7. The molecule has 3 rings (SSSR count). The number of hydrogen-bond donors (Lipinski definition) is 1. The molecule has 0 saturated carbocycles. The number of sulfonamides is 1. The number of fused-ring (bicyclic) bond motifs is 1. The summed E-state index contributed by atoms with van der Waals surface area (Å²) < 4.78 is 25.6. The van der Waals surface area contributed by atoms with E-state index < -0.39 is 10.0 Å². The highest BCUT2D eigenvalue weighted by Gasteiger charge is 2.28. The van der Waals surface area contributed by atoms with Crippen LogP contribution in [0.15, 0.2) is 29.2 Å². The van der Waals surface area contributed by atoms with Crippen molar-refractivity contribution < 1.29 is 13.2 Å². The number of nitrogens with one attached hydrogen (secondary N) is 1. The summed E-state index contributed by atoms with van der Waals surface area (Å²) >= 11 is 2.97. The Morgan fingerprint density at radius 2 is 2.12 bits per heavy atom. The molecule has 0 fully saturated rings. The molecule has 0 bridgehead atoms. The number of amides is 1. The number of hydrogen-bond acceptors (Lipinski definition) is 6. The van der Waals surface area contributed by atoms with E-state index >= 15 is 0 Å². The van der Waals surface area contributed by atoms with Gasteiger partial charge in [-0.25, -0.2) is 13.4 Å². The predicted molar refractivity (Wildman–Crippen MR) is 106 cm³/mol. The van der Waals surface area contributed by atoms with Gasteiger partial charge in [0.1, 0.15) is 0 Å². The van der Waals surface area contributed by atoms with Gasteiger partial charge in [0.2, 0.25) is 10.0 Å². The Morgan fingerprint density at radius 3 is 2.85 bits per heavy atom. The molecule has 0 unspecified atom stereocenters. The Balaban J connectivity index is 1.76. The number of anilines is 1. The Morgan fingerprint density at radius 1 is 1.35 bits per heavy atom. The van der Waals surface area contributed by atoms with Crippen molar-refractivity contribution in [3.05, 3.63) is 40.4 Å². The molecule has 140 valence electrons. The molecule has 9 heteroatoms. The fourth-order valence-corrected chi connectivity index (χ4v) is 5.71. The van der Waals surface area contributed by atoms with Gasteiger partial charge in [0.15, 0.2) is 5.13 Å². The van der Waals surface area contributed by atoms with Crippen LogP contribution < -0.4 is 5.32 Å². The molecular weight excluding hydrogens is 390 g/mol. The average molecular weight is 412 g/mol. The highest BCUT2D eigenvalue weighted by molar-refractivity contribution is 7.99. The van der Waals surface area contributed by atoms with Crippen LogP contribution in [0.1, 0.15) is 34.8 Å². The van der Waals surface area contributed by atoms with E-state index in [0.29, 0.717) is 30.2 Å². The molecule has 1 aromatic heterocycles. The van der Waals surface area contributed by atoms with E-state index in [1.54, 1.807) is 24.8 Å².